The van der Waals surface area contributed by atoms with Crippen molar-refractivity contribution in [3.05, 3.63) is 58.6 Å². The van der Waals surface area contributed by atoms with Gasteiger partial charge in [-0.3, -0.25) is 14.4 Å². The molecule has 1 heterocycles. The lowest BCUT2D eigenvalue weighted by Gasteiger charge is -2.44. The topological polar surface area (TPSA) is 176 Å². The van der Waals surface area contributed by atoms with Gasteiger partial charge in [0.15, 0.2) is 5.71 Å². The summed E-state index contributed by atoms with van der Waals surface area (Å²) >= 11 is 6.18. The maximum atomic E-state index is 14.2. The molecule has 1 aliphatic heterocycles. The van der Waals surface area contributed by atoms with Gasteiger partial charge in [0.25, 0.3) is 11.8 Å². The number of fused-ring (bicyclic) bond motifs is 1. The van der Waals surface area contributed by atoms with Crippen LogP contribution in [-0.4, -0.2) is 75.9 Å². The van der Waals surface area contributed by atoms with Crippen molar-refractivity contribution in [3.63, 3.8) is 0 Å². The van der Waals surface area contributed by atoms with Gasteiger partial charge in [0.1, 0.15) is 11.6 Å². The molecule has 1 spiro atoms. The Morgan fingerprint density at radius 2 is 1.73 bits per heavy atom. The van der Waals surface area contributed by atoms with Crippen molar-refractivity contribution in [2.75, 3.05) is 23.7 Å². The Hall–Kier alpha value is -4.59. The third-order valence-electron chi connectivity index (χ3n) is 10.2. The van der Waals surface area contributed by atoms with Gasteiger partial charge in [-0.25, -0.2) is 13.6 Å². The summed E-state index contributed by atoms with van der Waals surface area (Å²) in [6, 6.07) is 10.3. The minimum atomic E-state index is -2.87. The van der Waals surface area contributed by atoms with Crippen LogP contribution < -0.4 is 21.3 Å². The maximum Gasteiger partial charge on any atom is 0.318 e. The van der Waals surface area contributed by atoms with E-state index in [1.165, 1.54) is 6.92 Å². The smallest absolute Gasteiger partial charge is 0.318 e. The molecule has 3 fully saturated rings. The molecule has 49 heavy (non-hydrogen) atoms. The molecule has 6 rings (SSSR count). The third kappa shape index (κ3) is 7.10. The molecule has 1 saturated heterocycles. The summed E-state index contributed by atoms with van der Waals surface area (Å²) in [6.45, 7) is 2.22. The summed E-state index contributed by atoms with van der Waals surface area (Å²) in [5.74, 6) is -5.54. The van der Waals surface area contributed by atoms with E-state index < -0.39 is 53.8 Å². The minimum Gasteiger partial charge on any atom is -0.410 e. The van der Waals surface area contributed by atoms with Gasteiger partial charge >= 0.3 is 6.03 Å². The Balaban J connectivity index is 1.26. The Labute approximate surface area is 286 Å². The van der Waals surface area contributed by atoms with Gasteiger partial charge in [0, 0.05) is 60.6 Å². The summed E-state index contributed by atoms with van der Waals surface area (Å²) in [4.78, 5) is 55.8. The number of amides is 5. The monoisotopic (exact) mass is 697 g/mol. The lowest BCUT2D eigenvalue weighted by atomic mass is 9.81. The first-order valence-electron chi connectivity index (χ1n) is 16.2. The van der Waals surface area contributed by atoms with Crippen molar-refractivity contribution < 1.29 is 33.2 Å². The number of urea groups is 1. The number of benzene rings is 2. The number of hydrogen-bond donors (Lipinski definition) is 6. The van der Waals surface area contributed by atoms with Gasteiger partial charge in [0.2, 0.25) is 11.8 Å². The predicted octanol–water partition coefficient (Wildman–Crippen LogP) is 4.74. The van der Waals surface area contributed by atoms with Crippen LogP contribution in [0.15, 0.2) is 47.6 Å². The standard InChI is InChI=1S/C34H38ClF2N7O5/c1-19(38)26(43-49)28(45)42-27(20-7-9-34(36,37)10-8-20)29(46)40-25-6-5-21-15-33(16-22(21)13-25,30(47)41-24-4-2-3-23(35)14-24)44-18-32(11-12-32)17-39-31(44)48/h2-6,13-14,20,27,38,49H,7-12,15-18H2,1H3,(H,39,48)(H,40,46)(H,41,47)(H,42,45)/b38-19?,43-26+/t27-,33?/m0/s1. The van der Waals surface area contributed by atoms with Crippen LogP contribution in [0.2, 0.25) is 5.02 Å². The molecule has 0 aromatic heterocycles. The highest BCUT2D eigenvalue weighted by Gasteiger charge is 2.57. The minimum absolute atomic E-state index is 0.0334. The average molecular weight is 698 g/mol. The van der Waals surface area contributed by atoms with Gasteiger partial charge in [-0.2, -0.15) is 0 Å². The summed E-state index contributed by atoms with van der Waals surface area (Å²) in [5.41, 5.74) is 0.0782. The van der Waals surface area contributed by atoms with Crippen LogP contribution >= 0.6 is 11.6 Å². The molecule has 5 amide bonds. The number of hydrogen-bond acceptors (Lipinski definition) is 7. The Morgan fingerprint density at radius 3 is 2.39 bits per heavy atom. The van der Waals surface area contributed by atoms with E-state index >= 15 is 0 Å². The Morgan fingerprint density at radius 1 is 1.04 bits per heavy atom. The molecular weight excluding hydrogens is 660 g/mol. The summed E-state index contributed by atoms with van der Waals surface area (Å²) < 4.78 is 28.0. The molecule has 6 N–H and O–H groups in total. The second kappa shape index (κ2) is 13.0. The first-order chi connectivity index (χ1) is 23.2. The number of oxime groups is 1. The van der Waals surface area contributed by atoms with Crippen LogP contribution in [0, 0.1) is 16.7 Å². The van der Waals surface area contributed by atoms with E-state index in [-0.39, 0.29) is 48.7 Å². The van der Waals surface area contributed by atoms with E-state index in [1.54, 1.807) is 47.4 Å². The molecule has 0 bridgehead atoms. The third-order valence-corrected chi connectivity index (χ3v) is 10.5. The summed E-state index contributed by atoms with van der Waals surface area (Å²) in [6.07, 6.45) is 1.31. The molecule has 2 atom stereocenters. The van der Waals surface area contributed by atoms with Crippen molar-refractivity contribution in [1.29, 1.82) is 5.41 Å². The van der Waals surface area contributed by atoms with Crippen molar-refractivity contribution in [1.82, 2.24) is 15.5 Å². The fourth-order valence-electron chi connectivity index (χ4n) is 7.21. The number of nitrogens with zero attached hydrogens (tertiary/aromatic N) is 2. The molecule has 15 heteroatoms. The second-order valence-electron chi connectivity index (χ2n) is 13.8. The average Bonchev–Trinajstić information content (AvgIpc) is 3.69. The van der Waals surface area contributed by atoms with E-state index in [4.69, 9.17) is 17.0 Å². The lowest BCUT2D eigenvalue weighted by molar-refractivity contribution is -0.127. The van der Waals surface area contributed by atoms with Gasteiger partial charge < -0.3 is 36.8 Å². The quantitative estimate of drug-likeness (QED) is 0.126. The van der Waals surface area contributed by atoms with Crippen LogP contribution in [0.4, 0.5) is 25.0 Å². The summed E-state index contributed by atoms with van der Waals surface area (Å²) in [5, 5.41) is 31.5. The number of carbonyl (C=O) groups is 4. The molecule has 2 saturated carbocycles. The van der Waals surface area contributed by atoms with Crippen molar-refractivity contribution in [3.8, 4) is 0 Å². The number of nitrogens with one attached hydrogen (secondary N) is 5. The number of alkyl halides is 2. The fourth-order valence-corrected chi connectivity index (χ4v) is 7.40. The van der Waals surface area contributed by atoms with E-state index in [0.717, 1.165) is 24.0 Å². The molecule has 3 aliphatic carbocycles. The molecule has 1 unspecified atom stereocenters. The highest BCUT2D eigenvalue weighted by molar-refractivity contribution is 6.65. The molecule has 12 nitrogen and oxygen atoms in total. The largest absolute Gasteiger partial charge is 0.410 e. The predicted molar refractivity (Wildman–Crippen MR) is 179 cm³/mol. The van der Waals surface area contributed by atoms with E-state index in [1.807, 2.05) is 0 Å². The SMILES string of the molecule is CC(=N)/C(=N\O)C(=O)N[C@H](C(=O)Nc1ccc2c(c1)CC(C(=O)Nc1cccc(Cl)c1)(N1CC3(CC3)CNC1=O)C2)C1CCC(F)(F)CC1. The number of carbonyl (C=O) groups excluding carboxylic acids is 4. The van der Waals surface area contributed by atoms with Gasteiger partial charge in [-0.15, -0.1) is 0 Å². The van der Waals surface area contributed by atoms with E-state index in [9.17, 15) is 33.2 Å². The van der Waals surface area contributed by atoms with Crippen LogP contribution in [0.5, 0.6) is 0 Å². The molecule has 2 aromatic rings. The zero-order valence-electron chi connectivity index (χ0n) is 26.9. The number of halogens is 3. The van der Waals surface area contributed by atoms with Crippen LogP contribution in [0.25, 0.3) is 0 Å². The zero-order chi connectivity index (χ0) is 35.1. The van der Waals surface area contributed by atoms with E-state index in [2.05, 4.69) is 26.4 Å². The van der Waals surface area contributed by atoms with Gasteiger partial charge in [0.05, 0.1) is 5.71 Å². The Kier molecular flexibility index (Phi) is 9.12. The molecule has 0 radical (unpaired) electrons. The number of anilines is 2. The van der Waals surface area contributed by atoms with Crippen molar-refractivity contribution in [2.24, 2.45) is 16.5 Å². The first-order valence-corrected chi connectivity index (χ1v) is 16.6. The molecule has 4 aliphatic rings. The van der Waals surface area contributed by atoms with Crippen molar-refractivity contribution in [2.45, 2.75) is 75.8 Å². The van der Waals surface area contributed by atoms with Crippen LogP contribution in [0.1, 0.15) is 56.6 Å². The summed E-state index contributed by atoms with van der Waals surface area (Å²) in [7, 11) is 0. The zero-order valence-corrected chi connectivity index (χ0v) is 27.6. The molecular formula is C34H38ClF2N7O5. The van der Waals surface area contributed by atoms with Crippen molar-refractivity contribution >= 4 is 58.2 Å². The highest BCUT2D eigenvalue weighted by atomic mass is 35.5. The number of rotatable bonds is 9. The van der Waals surface area contributed by atoms with Crippen LogP contribution in [-0.2, 0) is 27.2 Å². The first kappa shape index (κ1) is 34.3. The van der Waals surface area contributed by atoms with E-state index in [0.29, 0.717) is 29.5 Å². The Bertz CT molecular complexity index is 1740. The normalized spacial score (nSPS) is 23.2. The van der Waals surface area contributed by atoms with Crippen LogP contribution in [0.3, 0.4) is 0 Å². The van der Waals surface area contributed by atoms with Gasteiger partial charge in [-0.05, 0) is 80.0 Å². The molecule has 260 valence electrons. The molecule has 2 aromatic carbocycles. The second-order valence-corrected chi connectivity index (χ2v) is 14.2. The highest BCUT2D eigenvalue weighted by Crippen LogP contribution is 2.50. The lowest BCUT2D eigenvalue weighted by Crippen LogP contribution is -2.66. The maximum absolute atomic E-state index is 14.2. The van der Waals surface area contributed by atoms with Gasteiger partial charge in [-0.1, -0.05) is 28.9 Å². The fraction of sp³-hybridized carbons (Fsp3) is 0.471.